The average Bonchev–Trinajstić information content (AvgIpc) is 2.87. The quantitative estimate of drug-likeness (QED) is 0.433. The Kier molecular flexibility index (Phi) is 2.02. The van der Waals surface area contributed by atoms with Crippen molar-refractivity contribution in [1.29, 1.82) is 0 Å². The van der Waals surface area contributed by atoms with Crippen molar-refractivity contribution in [3.63, 3.8) is 0 Å². The van der Waals surface area contributed by atoms with Crippen LogP contribution >= 0.6 is 0 Å². The van der Waals surface area contributed by atoms with Crippen LogP contribution in [-0.2, 0) is 0 Å². The third-order valence-electron chi connectivity index (χ3n) is 2.43. The fourth-order valence-electron chi connectivity index (χ4n) is 1.50. The predicted molar refractivity (Wildman–Crippen MR) is 52.7 cm³/mol. The van der Waals surface area contributed by atoms with Crippen molar-refractivity contribution in [2.24, 2.45) is 0 Å². The third kappa shape index (κ3) is 1.69. The van der Waals surface area contributed by atoms with Gasteiger partial charge in [-0.1, -0.05) is 12.1 Å². The molecule has 0 aromatic heterocycles. The number of rotatable bonds is 2. The Labute approximate surface area is 77.3 Å². The van der Waals surface area contributed by atoms with E-state index in [1.165, 1.54) is 0 Å². The van der Waals surface area contributed by atoms with E-state index in [-0.39, 0.29) is 0 Å². The van der Waals surface area contributed by atoms with E-state index in [0.717, 1.165) is 24.1 Å². The van der Waals surface area contributed by atoms with Gasteiger partial charge in [-0.25, -0.2) is 0 Å². The normalized spacial score (nSPS) is 15.8. The molecule has 2 rings (SSSR count). The molecule has 0 amide bonds. The van der Waals surface area contributed by atoms with Gasteiger partial charge >= 0.3 is 7.12 Å². The topological polar surface area (TPSA) is 66.5 Å². The fraction of sp³-hybridized carbons (Fsp3) is 0.333. The molecule has 0 atom stereocenters. The van der Waals surface area contributed by atoms with Crippen molar-refractivity contribution in [2.45, 2.75) is 18.8 Å². The summed E-state index contributed by atoms with van der Waals surface area (Å²) in [5.41, 5.74) is 8.11. The molecule has 0 aliphatic heterocycles. The van der Waals surface area contributed by atoms with Gasteiger partial charge in [0.05, 0.1) is 0 Å². The fourth-order valence-corrected chi connectivity index (χ4v) is 1.50. The van der Waals surface area contributed by atoms with Gasteiger partial charge < -0.3 is 15.8 Å². The standard InChI is InChI=1S/C9H12BNO2/c11-9-4-3-7(10(12)13)5-8(9)6-1-2-6/h3-6,12-13H,1-2,11H2. The molecule has 0 saturated heterocycles. The summed E-state index contributed by atoms with van der Waals surface area (Å²) in [6.45, 7) is 0. The van der Waals surface area contributed by atoms with Gasteiger partial charge in [0, 0.05) is 5.69 Å². The summed E-state index contributed by atoms with van der Waals surface area (Å²) in [5, 5.41) is 17.9. The van der Waals surface area contributed by atoms with Gasteiger partial charge in [0.1, 0.15) is 0 Å². The van der Waals surface area contributed by atoms with Crippen LogP contribution in [0, 0.1) is 0 Å². The molecule has 0 heterocycles. The Morgan fingerprint density at radius 1 is 1.31 bits per heavy atom. The zero-order valence-corrected chi connectivity index (χ0v) is 7.27. The lowest BCUT2D eigenvalue weighted by molar-refractivity contribution is 0.426. The summed E-state index contributed by atoms with van der Waals surface area (Å²) < 4.78 is 0. The largest absolute Gasteiger partial charge is 0.488 e. The van der Waals surface area contributed by atoms with E-state index in [1.807, 2.05) is 0 Å². The van der Waals surface area contributed by atoms with Gasteiger partial charge in [-0.05, 0) is 35.9 Å². The highest BCUT2D eigenvalue weighted by molar-refractivity contribution is 6.58. The first-order valence-corrected chi connectivity index (χ1v) is 4.44. The summed E-state index contributed by atoms with van der Waals surface area (Å²) in [4.78, 5) is 0. The average molecular weight is 177 g/mol. The lowest BCUT2D eigenvalue weighted by Crippen LogP contribution is -2.30. The van der Waals surface area contributed by atoms with E-state index in [0.29, 0.717) is 11.4 Å². The Morgan fingerprint density at radius 2 is 2.00 bits per heavy atom. The molecule has 0 radical (unpaired) electrons. The first-order chi connectivity index (χ1) is 6.18. The van der Waals surface area contributed by atoms with Crippen LogP contribution in [-0.4, -0.2) is 17.2 Å². The van der Waals surface area contributed by atoms with Crippen molar-refractivity contribution in [2.75, 3.05) is 5.73 Å². The summed E-state index contributed by atoms with van der Waals surface area (Å²) in [6, 6.07) is 5.17. The van der Waals surface area contributed by atoms with E-state index in [9.17, 15) is 0 Å². The molecule has 0 bridgehead atoms. The first-order valence-electron chi connectivity index (χ1n) is 4.44. The van der Waals surface area contributed by atoms with Crippen molar-refractivity contribution in [1.82, 2.24) is 0 Å². The van der Waals surface area contributed by atoms with Crippen molar-refractivity contribution in [3.8, 4) is 0 Å². The van der Waals surface area contributed by atoms with Crippen LogP contribution in [0.5, 0.6) is 0 Å². The van der Waals surface area contributed by atoms with Crippen LogP contribution in [0.3, 0.4) is 0 Å². The molecule has 1 saturated carbocycles. The molecule has 0 spiro atoms. The lowest BCUT2D eigenvalue weighted by Gasteiger charge is -2.06. The number of hydrogen-bond donors (Lipinski definition) is 3. The summed E-state index contributed by atoms with van der Waals surface area (Å²) in [6.07, 6.45) is 2.32. The van der Waals surface area contributed by atoms with E-state index in [4.69, 9.17) is 15.8 Å². The van der Waals surface area contributed by atoms with Crippen LogP contribution in [0.4, 0.5) is 5.69 Å². The van der Waals surface area contributed by atoms with E-state index in [2.05, 4.69) is 0 Å². The molecule has 4 N–H and O–H groups in total. The molecule has 3 nitrogen and oxygen atoms in total. The van der Waals surface area contributed by atoms with E-state index >= 15 is 0 Å². The first kappa shape index (κ1) is 8.60. The maximum absolute atomic E-state index is 8.96. The molecule has 13 heavy (non-hydrogen) atoms. The van der Waals surface area contributed by atoms with Gasteiger partial charge in [-0.15, -0.1) is 0 Å². The summed E-state index contributed by atoms with van der Waals surface area (Å²) in [5.74, 6) is 0.540. The van der Waals surface area contributed by atoms with Crippen molar-refractivity contribution < 1.29 is 10.0 Å². The number of anilines is 1. The van der Waals surface area contributed by atoms with Crippen LogP contribution in [0.1, 0.15) is 24.3 Å². The monoisotopic (exact) mass is 177 g/mol. The number of benzene rings is 1. The van der Waals surface area contributed by atoms with Crippen LogP contribution < -0.4 is 11.2 Å². The molecule has 1 fully saturated rings. The van der Waals surface area contributed by atoms with E-state index in [1.54, 1.807) is 18.2 Å². The Bertz CT molecular complexity index is 323. The number of nitrogens with two attached hydrogens (primary N) is 1. The van der Waals surface area contributed by atoms with Gasteiger partial charge in [-0.2, -0.15) is 0 Å². The molecular weight excluding hydrogens is 165 g/mol. The zero-order chi connectivity index (χ0) is 9.42. The SMILES string of the molecule is Nc1ccc(B(O)O)cc1C1CC1. The minimum Gasteiger partial charge on any atom is -0.423 e. The molecule has 4 heteroatoms. The molecule has 1 aromatic carbocycles. The van der Waals surface area contributed by atoms with Crippen molar-refractivity contribution >= 4 is 18.3 Å². The zero-order valence-electron chi connectivity index (χ0n) is 7.27. The smallest absolute Gasteiger partial charge is 0.423 e. The molecule has 1 aromatic rings. The van der Waals surface area contributed by atoms with Crippen LogP contribution in [0.25, 0.3) is 0 Å². The van der Waals surface area contributed by atoms with Crippen molar-refractivity contribution in [3.05, 3.63) is 23.8 Å². The van der Waals surface area contributed by atoms with E-state index < -0.39 is 7.12 Å². The van der Waals surface area contributed by atoms with Gasteiger partial charge in [0.15, 0.2) is 0 Å². The summed E-state index contributed by atoms with van der Waals surface area (Å²) in [7, 11) is -1.39. The minimum absolute atomic E-state index is 0.524. The second kappa shape index (κ2) is 3.05. The molecule has 1 aliphatic rings. The molecule has 68 valence electrons. The number of nitrogen functional groups attached to an aromatic ring is 1. The highest BCUT2D eigenvalue weighted by atomic mass is 16.4. The predicted octanol–water partition coefficient (Wildman–Crippen LogP) is -0.174. The molecule has 1 aliphatic carbocycles. The maximum Gasteiger partial charge on any atom is 0.488 e. The Hall–Kier alpha value is -0.995. The minimum atomic E-state index is -1.39. The third-order valence-corrected chi connectivity index (χ3v) is 2.43. The molecular formula is C9H12BNO2. The van der Waals surface area contributed by atoms with Crippen LogP contribution in [0.2, 0.25) is 0 Å². The maximum atomic E-state index is 8.96. The Morgan fingerprint density at radius 3 is 2.54 bits per heavy atom. The van der Waals surface area contributed by atoms with Gasteiger partial charge in [0.25, 0.3) is 0 Å². The second-order valence-corrected chi connectivity index (χ2v) is 3.54. The van der Waals surface area contributed by atoms with Gasteiger partial charge in [-0.3, -0.25) is 0 Å². The number of hydrogen-bond acceptors (Lipinski definition) is 3. The highest BCUT2D eigenvalue weighted by Crippen LogP contribution is 2.42. The molecule has 0 unspecified atom stereocenters. The summed E-state index contributed by atoms with van der Waals surface area (Å²) >= 11 is 0. The van der Waals surface area contributed by atoms with Crippen LogP contribution in [0.15, 0.2) is 18.2 Å². The Balaban J connectivity index is 2.36. The lowest BCUT2D eigenvalue weighted by atomic mass is 9.79. The highest BCUT2D eigenvalue weighted by Gasteiger charge is 2.26. The van der Waals surface area contributed by atoms with Gasteiger partial charge in [0.2, 0.25) is 0 Å². The second-order valence-electron chi connectivity index (χ2n) is 3.54.